The Morgan fingerprint density at radius 2 is 2.00 bits per heavy atom. The Morgan fingerprint density at radius 1 is 1.39 bits per heavy atom. The SMILES string of the molecule is C.CC.COCC/C=C(/C)c1c(C)ncnc1Cl. The zero-order chi connectivity index (χ0) is 13.3. The van der Waals surface area contributed by atoms with Crippen LogP contribution in [0.25, 0.3) is 5.57 Å². The van der Waals surface area contributed by atoms with Crippen LogP contribution < -0.4 is 0 Å². The van der Waals surface area contributed by atoms with Crippen molar-refractivity contribution in [3.8, 4) is 0 Å². The van der Waals surface area contributed by atoms with Gasteiger partial charge in [0.05, 0.1) is 0 Å². The van der Waals surface area contributed by atoms with Crippen molar-refractivity contribution in [1.82, 2.24) is 9.97 Å². The molecule has 0 saturated carbocycles. The molecule has 0 aliphatic rings. The molecule has 0 aliphatic heterocycles. The van der Waals surface area contributed by atoms with Crippen LogP contribution in [-0.2, 0) is 4.74 Å². The highest BCUT2D eigenvalue weighted by Crippen LogP contribution is 2.23. The van der Waals surface area contributed by atoms with Crippen LogP contribution in [0.4, 0.5) is 0 Å². The number of nitrogens with zero attached hydrogens (tertiary/aromatic N) is 2. The lowest BCUT2D eigenvalue weighted by Crippen LogP contribution is -1.94. The second-order valence-electron chi connectivity index (χ2n) is 3.29. The van der Waals surface area contributed by atoms with E-state index < -0.39 is 0 Å². The van der Waals surface area contributed by atoms with Gasteiger partial charge in [-0.3, -0.25) is 0 Å². The molecule has 0 aliphatic carbocycles. The van der Waals surface area contributed by atoms with Crippen molar-refractivity contribution in [3.05, 3.63) is 28.8 Å². The van der Waals surface area contributed by atoms with Crippen LogP contribution in [-0.4, -0.2) is 23.7 Å². The normalized spacial score (nSPS) is 10.2. The van der Waals surface area contributed by atoms with Gasteiger partial charge >= 0.3 is 0 Å². The Balaban J connectivity index is 0. The fourth-order valence-electron chi connectivity index (χ4n) is 1.39. The van der Waals surface area contributed by atoms with E-state index in [-0.39, 0.29) is 7.43 Å². The van der Waals surface area contributed by atoms with E-state index >= 15 is 0 Å². The van der Waals surface area contributed by atoms with Gasteiger partial charge in [0.2, 0.25) is 0 Å². The van der Waals surface area contributed by atoms with E-state index in [2.05, 4.69) is 16.0 Å². The predicted molar refractivity (Wildman–Crippen MR) is 80.0 cm³/mol. The summed E-state index contributed by atoms with van der Waals surface area (Å²) in [4.78, 5) is 8.09. The molecular weight excluding hydrogens is 248 g/mol. The third-order valence-corrected chi connectivity index (χ3v) is 2.44. The summed E-state index contributed by atoms with van der Waals surface area (Å²) >= 11 is 6.01. The summed E-state index contributed by atoms with van der Waals surface area (Å²) in [5.41, 5.74) is 2.92. The average Bonchev–Trinajstić information content (AvgIpc) is 2.32. The van der Waals surface area contributed by atoms with E-state index in [4.69, 9.17) is 16.3 Å². The molecule has 0 radical (unpaired) electrons. The fourth-order valence-corrected chi connectivity index (χ4v) is 1.72. The van der Waals surface area contributed by atoms with Crippen molar-refractivity contribution in [2.75, 3.05) is 13.7 Å². The van der Waals surface area contributed by atoms with Gasteiger partial charge < -0.3 is 4.74 Å². The minimum atomic E-state index is 0. The molecule has 0 unspecified atom stereocenters. The van der Waals surface area contributed by atoms with Gasteiger partial charge in [0.25, 0.3) is 0 Å². The molecule has 104 valence electrons. The molecule has 0 aromatic carbocycles. The molecule has 3 nitrogen and oxygen atoms in total. The van der Waals surface area contributed by atoms with Gasteiger partial charge in [-0.1, -0.05) is 39.0 Å². The van der Waals surface area contributed by atoms with Crippen molar-refractivity contribution < 1.29 is 4.74 Å². The van der Waals surface area contributed by atoms with Gasteiger partial charge in [-0.2, -0.15) is 0 Å². The van der Waals surface area contributed by atoms with Crippen LogP contribution in [0.5, 0.6) is 0 Å². The maximum absolute atomic E-state index is 6.01. The highest BCUT2D eigenvalue weighted by atomic mass is 35.5. The molecule has 0 amide bonds. The first-order valence-corrected chi connectivity index (χ1v) is 6.17. The number of halogens is 1. The van der Waals surface area contributed by atoms with Gasteiger partial charge in [-0.05, 0) is 25.8 Å². The lowest BCUT2D eigenvalue weighted by atomic mass is 10.1. The maximum Gasteiger partial charge on any atom is 0.140 e. The largest absolute Gasteiger partial charge is 0.384 e. The number of allylic oxidation sites excluding steroid dienone is 1. The molecule has 4 heteroatoms. The van der Waals surface area contributed by atoms with Gasteiger partial charge in [0.15, 0.2) is 0 Å². The first-order chi connectivity index (χ1) is 8.16. The Hall–Kier alpha value is -0.930. The number of hydrogen-bond donors (Lipinski definition) is 0. The zero-order valence-electron chi connectivity index (χ0n) is 11.2. The predicted octanol–water partition coefficient (Wildman–Crippen LogP) is 4.54. The third-order valence-electron chi connectivity index (χ3n) is 2.16. The van der Waals surface area contributed by atoms with Crippen molar-refractivity contribution in [2.45, 2.75) is 41.5 Å². The molecular formula is C14H25ClN2O. The minimum Gasteiger partial charge on any atom is -0.384 e. The van der Waals surface area contributed by atoms with Gasteiger partial charge in [0, 0.05) is 25.0 Å². The summed E-state index contributed by atoms with van der Waals surface area (Å²) in [5, 5.41) is 0.508. The Kier molecular flexibility index (Phi) is 12.1. The second kappa shape index (κ2) is 11.2. The standard InChI is InChI=1S/C11H15ClN2O.C2H6.CH4/c1-8(5-4-6-15-3)10-9(2)13-7-14-11(10)12;1-2;/h5,7H,4,6H2,1-3H3;1-2H3;1H4/b8-5-;;. The summed E-state index contributed by atoms with van der Waals surface area (Å²) in [6.45, 7) is 8.64. The first-order valence-electron chi connectivity index (χ1n) is 5.80. The Morgan fingerprint density at radius 3 is 2.50 bits per heavy atom. The molecule has 1 rings (SSSR count). The first kappa shape index (κ1) is 19.4. The topological polar surface area (TPSA) is 35.0 Å². The van der Waals surface area contributed by atoms with E-state index in [1.165, 1.54) is 6.33 Å². The number of methoxy groups -OCH3 is 1. The van der Waals surface area contributed by atoms with Crippen molar-refractivity contribution >= 4 is 17.2 Å². The molecule has 0 atom stereocenters. The molecule has 1 aromatic rings. The monoisotopic (exact) mass is 272 g/mol. The van der Waals surface area contributed by atoms with Crippen LogP contribution in [0, 0.1) is 6.92 Å². The molecule has 0 N–H and O–H groups in total. The smallest absolute Gasteiger partial charge is 0.140 e. The zero-order valence-corrected chi connectivity index (χ0v) is 12.0. The van der Waals surface area contributed by atoms with E-state index in [9.17, 15) is 0 Å². The van der Waals surface area contributed by atoms with E-state index in [1.54, 1.807) is 7.11 Å². The maximum atomic E-state index is 6.01. The summed E-state index contributed by atoms with van der Waals surface area (Å²) < 4.78 is 4.98. The van der Waals surface area contributed by atoms with Crippen LogP contribution in [0.2, 0.25) is 5.15 Å². The van der Waals surface area contributed by atoms with Gasteiger partial charge in [-0.25, -0.2) is 9.97 Å². The minimum absolute atomic E-state index is 0. The second-order valence-corrected chi connectivity index (χ2v) is 3.65. The number of rotatable bonds is 4. The average molecular weight is 273 g/mol. The van der Waals surface area contributed by atoms with Crippen LogP contribution >= 0.6 is 11.6 Å². The lowest BCUT2D eigenvalue weighted by Gasteiger charge is -2.06. The summed E-state index contributed by atoms with van der Waals surface area (Å²) in [6, 6.07) is 0. The highest BCUT2D eigenvalue weighted by Gasteiger charge is 2.07. The van der Waals surface area contributed by atoms with Gasteiger partial charge in [0.1, 0.15) is 11.5 Å². The Bertz CT molecular complexity index is 345. The van der Waals surface area contributed by atoms with Crippen molar-refractivity contribution in [1.29, 1.82) is 0 Å². The van der Waals surface area contributed by atoms with E-state index in [1.807, 2.05) is 27.7 Å². The third kappa shape index (κ3) is 6.12. The Labute approximate surface area is 116 Å². The number of aromatic nitrogens is 2. The molecule has 18 heavy (non-hydrogen) atoms. The quantitative estimate of drug-likeness (QED) is 0.596. The fraction of sp³-hybridized carbons (Fsp3) is 0.571. The van der Waals surface area contributed by atoms with E-state index in [0.717, 1.165) is 23.3 Å². The molecule has 0 fully saturated rings. The summed E-state index contributed by atoms with van der Waals surface area (Å²) in [7, 11) is 1.69. The molecule has 0 bridgehead atoms. The van der Waals surface area contributed by atoms with Crippen LogP contribution in [0.15, 0.2) is 12.4 Å². The molecule has 1 aromatic heterocycles. The molecule has 1 heterocycles. The summed E-state index contributed by atoms with van der Waals surface area (Å²) in [6.07, 6.45) is 4.43. The lowest BCUT2D eigenvalue weighted by molar-refractivity contribution is 0.204. The van der Waals surface area contributed by atoms with Crippen molar-refractivity contribution in [2.24, 2.45) is 0 Å². The van der Waals surface area contributed by atoms with Gasteiger partial charge in [-0.15, -0.1) is 0 Å². The number of hydrogen-bond acceptors (Lipinski definition) is 3. The molecule has 0 saturated heterocycles. The van der Waals surface area contributed by atoms with Crippen LogP contribution in [0.1, 0.15) is 45.9 Å². The van der Waals surface area contributed by atoms with Crippen LogP contribution in [0.3, 0.4) is 0 Å². The highest BCUT2D eigenvalue weighted by molar-refractivity contribution is 6.31. The number of aryl methyl sites for hydroxylation is 1. The number of ether oxygens (including phenoxy) is 1. The van der Waals surface area contributed by atoms with Crippen molar-refractivity contribution in [3.63, 3.8) is 0 Å². The molecule has 0 spiro atoms. The van der Waals surface area contributed by atoms with E-state index in [0.29, 0.717) is 11.8 Å². The summed E-state index contributed by atoms with van der Waals surface area (Å²) in [5.74, 6) is 0.